The Hall–Kier alpha value is -2.60. The summed E-state index contributed by atoms with van der Waals surface area (Å²) in [4.78, 5) is 16.9. The van der Waals surface area contributed by atoms with Crippen molar-refractivity contribution in [3.8, 4) is 5.75 Å². The second-order valence-corrected chi connectivity index (χ2v) is 6.49. The van der Waals surface area contributed by atoms with Gasteiger partial charge >= 0.3 is 0 Å². The lowest BCUT2D eigenvalue weighted by Gasteiger charge is -2.05. The predicted octanol–water partition coefficient (Wildman–Crippen LogP) is 4.04. The second kappa shape index (κ2) is 6.49. The molecule has 0 bridgehead atoms. The fourth-order valence-corrected chi connectivity index (χ4v) is 3.18. The maximum Gasteiger partial charge on any atom is 0.264 e. The number of nitrogens with one attached hydrogen (secondary N) is 1. The predicted molar refractivity (Wildman–Crippen MR) is 94.8 cm³/mol. The molecular formula is C18H15FN2O2S. The normalized spacial score (nSPS) is 17.5. The highest BCUT2D eigenvalue weighted by Crippen LogP contribution is 2.30. The summed E-state index contributed by atoms with van der Waals surface area (Å²) < 4.78 is 12.9. The number of carbonyl (C=O) groups excluding carboxylic acids is 1. The number of phenols is 1. The van der Waals surface area contributed by atoms with Crippen LogP contribution in [0.4, 0.5) is 10.1 Å². The van der Waals surface area contributed by atoms with Crippen LogP contribution in [0.15, 0.2) is 46.3 Å². The number of benzene rings is 2. The number of aryl methyl sites for hydroxylation is 2. The Morgan fingerprint density at radius 3 is 2.42 bits per heavy atom. The Labute approximate surface area is 143 Å². The highest BCUT2D eigenvalue weighted by atomic mass is 32.2. The molecule has 0 aliphatic carbocycles. The van der Waals surface area contributed by atoms with Gasteiger partial charge in [0.1, 0.15) is 11.6 Å². The maximum atomic E-state index is 12.9. The quantitative estimate of drug-likeness (QED) is 0.810. The van der Waals surface area contributed by atoms with Crippen LogP contribution in [-0.2, 0) is 4.79 Å². The third kappa shape index (κ3) is 3.49. The molecule has 1 fully saturated rings. The van der Waals surface area contributed by atoms with Crippen molar-refractivity contribution in [1.29, 1.82) is 0 Å². The van der Waals surface area contributed by atoms with Gasteiger partial charge in [-0.1, -0.05) is 0 Å². The molecule has 122 valence electrons. The molecule has 1 saturated heterocycles. The van der Waals surface area contributed by atoms with E-state index < -0.39 is 0 Å². The lowest BCUT2D eigenvalue weighted by Crippen LogP contribution is -2.19. The molecular weight excluding hydrogens is 327 g/mol. The number of nitrogens with zero attached hydrogens (tertiary/aromatic N) is 1. The zero-order valence-corrected chi connectivity index (χ0v) is 13.9. The number of aromatic hydroxyl groups is 1. The summed E-state index contributed by atoms with van der Waals surface area (Å²) in [6.45, 7) is 3.63. The van der Waals surface area contributed by atoms with E-state index in [0.29, 0.717) is 15.8 Å². The largest absolute Gasteiger partial charge is 0.507 e. The van der Waals surface area contributed by atoms with E-state index in [2.05, 4.69) is 10.3 Å². The fourth-order valence-electron chi connectivity index (χ4n) is 2.34. The van der Waals surface area contributed by atoms with E-state index in [9.17, 15) is 14.3 Å². The molecule has 1 aliphatic heterocycles. The third-order valence-corrected chi connectivity index (χ3v) is 4.43. The Bertz CT molecular complexity index is 850. The molecule has 24 heavy (non-hydrogen) atoms. The number of halogens is 1. The van der Waals surface area contributed by atoms with Crippen molar-refractivity contribution in [2.45, 2.75) is 13.8 Å². The van der Waals surface area contributed by atoms with Crippen molar-refractivity contribution >= 4 is 34.6 Å². The van der Waals surface area contributed by atoms with Crippen LogP contribution < -0.4 is 5.32 Å². The number of carbonyl (C=O) groups is 1. The van der Waals surface area contributed by atoms with Crippen LogP contribution >= 0.6 is 11.8 Å². The average molecular weight is 342 g/mol. The number of hydrogen-bond acceptors (Lipinski definition) is 4. The van der Waals surface area contributed by atoms with Gasteiger partial charge in [-0.2, -0.15) is 0 Å². The first-order valence-electron chi connectivity index (χ1n) is 7.28. The summed E-state index contributed by atoms with van der Waals surface area (Å²) in [5.74, 6) is -0.302. The Morgan fingerprint density at radius 1 is 1.17 bits per heavy atom. The zero-order valence-electron chi connectivity index (χ0n) is 13.1. The number of rotatable bonds is 2. The summed E-state index contributed by atoms with van der Waals surface area (Å²) in [5.41, 5.74) is 2.91. The van der Waals surface area contributed by atoms with Crippen LogP contribution in [0, 0.1) is 19.7 Å². The Morgan fingerprint density at radius 2 is 1.79 bits per heavy atom. The van der Waals surface area contributed by atoms with Gasteiger partial charge in [-0.3, -0.25) is 4.79 Å². The Balaban J connectivity index is 1.86. The van der Waals surface area contributed by atoms with Gasteiger partial charge in [-0.25, -0.2) is 9.38 Å². The molecule has 4 nitrogen and oxygen atoms in total. The van der Waals surface area contributed by atoms with Crippen LogP contribution in [0.5, 0.6) is 5.75 Å². The standard InChI is InChI=1S/C18H15FN2O2S/c1-10-7-12(8-11(2)16(10)22)9-15-17(23)21-18(24-15)20-14-5-3-13(19)4-6-14/h3-9,22H,1-2H3,(H,20,21,23)/b15-9-. The molecule has 2 N–H and O–H groups in total. The first-order chi connectivity index (χ1) is 11.4. The molecule has 0 atom stereocenters. The lowest BCUT2D eigenvalue weighted by atomic mass is 10.1. The van der Waals surface area contributed by atoms with Gasteiger partial charge in [-0.15, -0.1) is 0 Å². The van der Waals surface area contributed by atoms with Crippen LogP contribution in [0.1, 0.15) is 16.7 Å². The molecule has 0 saturated carbocycles. The van der Waals surface area contributed by atoms with Gasteiger partial charge in [0.05, 0.1) is 10.6 Å². The van der Waals surface area contributed by atoms with E-state index in [1.165, 1.54) is 23.9 Å². The van der Waals surface area contributed by atoms with Crippen molar-refractivity contribution in [3.05, 3.63) is 63.8 Å². The third-order valence-electron chi connectivity index (χ3n) is 3.52. The van der Waals surface area contributed by atoms with Crippen molar-refractivity contribution in [3.63, 3.8) is 0 Å². The molecule has 0 spiro atoms. The number of amides is 1. The number of phenolic OH excluding ortho intramolecular Hbond substituents is 1. The molecule has 3 rings (SSSR count). The Kier molecular flexibility index (Phi) is 4.40. The molecule has 6 heteroatoms. The van der Waals surface area contributed by atoms with E-state index in [-0.39, 0.29) is 17.5 Å². The number of aliphatic imine (C=N–C) groups is 1. The van der Waals surface area contributed by atoms with Crippen LogP contribution in [0.25, 0.3) is 6.08 Å². The number of amidine groups is 1. The van der Waals surface area contributed by atoms with Gasteiger partial charge in [0.2, 0.25) is 0 Å². The molecule has 0 radical (unpaired) electrons. The maximum absolute atomic E-state index is 12.9. The smallest absolute Gasteiger partial charge is 0.264 e. The van der Waals surface area contributed by atoms with Crippen LogP contribution in [0.3, 0.4) is 0 Å². The highest BCUT2D eigenvalue weighted by Gasteiger charge is 2.23. The van der Waals surface area contributed by atoms with Crippen LogP contribution in [-0.4, -0.2) is 16.2 Å². The van der Waals surface area contributed by atoms with Crippen molar-refractivity contribution in [2.24, 2.45) is 4.99 Å². The second-order valence-electron chi connectivity index (χ2n) is 5.46. The number of hydrogen-bond donors (Lipinski definition) is 2. The first kappa shape index (κ1) is 16.3. The average Bonchev–Trinajstić information content (AvgIpc) is 2.87. The minimum atomic E-state index is -0.333. The van der Waals surface area contributed by atoms with Crippen molar-refractivity contribution in [2.75, 3.05) is 0 Å². The first-order valence-corrected chi connectivity index (χ1v) is 8.09. The molecule has 1 heterocycles. The lowest BCUT2D eigenvalue weighted by molar-refractivity contribution is -0.115. The summed E-state index contributed by atoms with van der Waals surface area (Å²) >= 11 is 1.22. The summed E-state index contributed by atoms with van der Waals surface area (Å²) in [7, 11) is 0. The molecule has 0 aromatic heterocycles. The highest BCUT2D eigenvalue weighted by molar-refractivity contribution is 8.18. The minimum absolute atomic E-state index is 0.232. The van der Waals surface area contributed by atoms with Crippen molar-refractivity contribution < 1.29 is 14.3 Å². The minimum Gasteiger partial charge on any atom is -0.507 e. The van der Waals surface area contributed by atoms with Crippen LogP contribution in [0.2, 0.25) is 0 Å². The fraction of sp³-hybridized carbons (Fsp3) is 0.111. The van der Waals surface area contributed by atoms with Crippen molar-refractivity contribution in [1.82, 2.24) is 5.32 Å². The van der Waals surface area contributed by atoms with E-state index in [1.54, 1.807) is 18.2 Å². The van der Waals surface area contributed by atoms with E-state index in [1.807, 2.05) is 26.0 Å². The topological polar surface area (TPSA) is 61.7 Å². The molecule has 1 amide bonds. The molecule has 2 aromatic carbocycles. The van der Waals surface area contributed by atoms with Gasteiger partial charge in [0, 0.05) is 0 Å². The SMILES string of the molecule is Cc1cc(/C=C2\SC(=Nc3ccc(F)cc3)NC2=O)cc(C)c1O. The number of thioether (sulfide) groups is 1. The summed E-state index contributed by atoms with van der Waals surface area (Å²) in [6.07, 6.45) is 1.76. The van der Waals surface area contributed by atoms with E-state index >= 15 is 0 Å². The zero-order chi connectivity index (χ0) is 17.3. The molecule has 0 unspecified atom stereocenters. The van der Waals surface area contributed by atoms with Gasteiger partial charge in [0.25, 0.3) is 5.91 Å². The molecule has 1 aliphatic rings. The summed E-state index contributed by atoms with van der Waals surface area (Å²) in [6, 6.07) is 9.36. The van der Waals surface area contributed by atoms with E-state index in [4.69, 9.17) is 0 Å². The monoisotopic (exact) mass is 342 g/mol. The van der Waals surface area contributed by atoms with E-state index in [0.717, 1.165) is 16.7 Å². The van der Waals surface area contributed by atoms with Gasteiger partial charge < -0.3 is 10.4 Å². The molecule has 2 aromatic rings. The van der Waals surface area contributed by atoms with Gasteiger partial charge in [0.15, 0.2) is 5.17 Å². The summed E-state index contributed by atoms with van der Waals surface area (Å²) in [5, 5.41) is 13.0. The van der Waals surface area contributed by atoms with Gasteiger partial charge in [-0.05, 0) is 84.8 Å².